The molecule has 0 aromatic heterocycles. The number of carbonyl (C=O) groups excluding carboxylic acids is 1. The van der Waals surface area contributed by atoms with E-state index in [2.05, 4.69) is 10.9 Å². The number of rotatable bonds is 4. The van der Waals surface area contributed by atoms with Gasteiger partial charge in [-0.15, -0.1) is 0 Å². The van der Waals surface area contributed by atoms with Gasteiger partial charge >= 0.3 is 6.18 Å². The van der Waals surface area contributed by atoms with Crippen molar-refractivity contribution >= 4 is 5.91 Å². The molecule has 0 spiro atoms. The Kier molecular flexibility index (Phi) is 5.64. The summed E-state index contributed by atoms with van der Waals surface area (Å²) in [4.78, 5) is 14.3. The fourth-order valence-corrected chi connectivity index (χ4v) is 3.76. The summed E-state index contributed by atoms with van der Waals surface area (Å²) in [5, 5.41) is 0. The van der Waals surface area contributed by atoms with Gasteiger partial charge in [0.15, 0.2) is 0 Å². The number of alkyl halides is 3. The first-order valence-corrected chi connectivity index (χ1v) is 8.87. The van der Waals surface area contributed by atoms with E-state index in [-0.39, 0.29) is 17.9 Å². The van der Waals surface area contributed by atoms with Gasteiger partial charge in [0.2, 0.25) is 5.91 Å². The molecule has 2 heterocycles. The van der Waals surface area contributed by atoms with E-state index in [9.17, 15) is 18.0 Å². The Hall–Kier alpha value is -1.60. The highest BCUT2D eigenvalue weighted by Gasteiger charge is 2.34. The molecule has 25 heavy (non-hydrogen) atoms. The first-order chi connectivity index (χ1) is 11.9. The topological polar surface area (TPSA) is 44.4 Å². The van der Waals surface area contributed by atoms with Gasteiger partial charge < -0.3 is 4.90 Å². The molecule has 0 bridgehead atoms. The lowest BCUT2D eigenvalue weighted by Crippen LogP contribution is -2.49. The minimum atomic E-state index is -4.31. The summed E-state index contributed by atoms with van der Waals surface area (Å²) in [5.74, 6) is 0.360. The highest BCUT2D eigenvalue weighted by molar-refractivity contribution is 5.82. The molecule has 2 aliphatic heterocycles. The van der Waals surface area contributed by atoms with Crippen molar-refractivity contribution < 1.29 is 18.0 Å². The molecule has 2 atom stereocenters. The molecule has 0 aliphatic carbocycles. The smallest absolute Gasteiger partial charge is 0.341 e. The zero-order valence-corrected chi connectivity index (χ0v) is 14.1. The van der Waals surface area contributed by atoms with Crippen LogP contribution >= 0.6 is 0 Å². The van der Waals surface area contributed by atoms with E-state index in [1.54, 1.807) is 12.1 Å². The first-order valence-electron chi connectivity index (χ1n) is 8.87. The number of nitrogens with one attached hydrogen (secondary N) is 2. The maximum Gasteiger partial charge on any atom is 0.416 e. The van der Waals surface area contributed by atoms with Gasteiger partial charge in [-0.3, -0.25) is 10.2 Å². The Morgan fingerprint density at radius 2 is 2.04 bits per heavy atom. The van der Waals surface area contributed by atoms with Crippen LogP contribution in [0.3, 0.4) is 0 Å². The molecular weight excluding hydrogens is 331 g/mol. The number of hydrogen-bond acceptors (Lipinski definition) is 3. The summed E-state index contributed by atoms with van der Waals surface area (Å²) in [6, 6.07) is 5.61. The third-order valence-electron chi connectivity index (χ3n) is 5.11. The molecule has 138 valence electrons. The summed E-state index contributed by atoms with van der Waals surface area (Å²) >= 11 is 0. The van der Waals surface area contributed by atoms with Crippen molar-refractivity contribution in [3.05, 3.63) is 35.4 Å². The Morgan fingerprint density at radius 3 is 2.76 bits per heavy atom. The largest absolute Gasteiger partial charge is 0.416 e. The molecule has 2 N–H and O–H groups in total. The van der Waals surface area contributed by atoms with Crippen molar-refractivity contribution in [2.24, 2.45) is 5.92 Å². The van der Waals surface area contributed by atoms with E-state index < -0.39 is 11.7 Å². The third kappa shape index (κ3) is 4.52. The predicted molar refractivity (Wildman–Crippen MR) is 88.6 cm³/mol. The van der Waals surface area contributed by atoms with Crippen LogP contribution in [0.4, 0.5) is 13.2 Å². The average Bonchev–Trinajstić information content (AvgIpc) is 3.13. The van der Waals surface area contributed by atoms with Gasteiger partial charge in [-0.2, -0.15) is 13.2 Å². The highest BCUT2D eigenvalue weighted by Crippen LogP contribution is 2.33. The molecule has 1 aromatic rings. The molecule has 0 radical (unpaired) electrons. The van der Waals surface area contributed by atoms with E-state index in [4.69, 9.17) is 0 Å². The number of benzene rings is 1. The highest BCUT2D eigenvalue weighted by atomic mass is 19.4. The van der Waals surface area contributed by atoms with E-state index >= 15 is 0 Å². The zero-order valence-electron chi connectivity index (χ0n) is 14.1. The first kappa shape index (κ1) is 18.2. The fraction of sp³-hybridized carbons (Fsp3) is 0.611. The molecule has 3 rings (SSSR count). The number of hydrogen-bond donors (Lipinski definition) is 2. The summed E-state index contributed by atoms with van der Waals surface area (Å²) in [7, 11) is 0. The molecule has 1 amide bonds. The lowest BCUT2D eigenvalue weighted by atomic mass is 9.90. The number of carbonyl (C=O) groups is 1. The standard InChI is InChI=1S/C18H24F3N3O/c19-18(20,21)15-6-2-1-5-14(15)8-7-13-4-3-11-24(12-13)17(25)16-9-10-22-23-16/h1-2,5-6,13,16,22-23H,3-4,7-12H2. The van der Waals surface area contributed by atoms with E-state index in [0.29, 0.717) is 24.9 Å². The lowest BCUT2D eigenvalue weighted by Gasteiger charge is -2.34. The van der Waals surface area contributed by atoms with Gasteiger partial charge in [-0.05, 0) is 49.7 Å². The van der Waals surface area contributed by atoms with Crippen molar-refractivity contribution in [2.75, 3.05) is 19.6 Å². The maximum absolute atomic E-state index is 13.1. The molecule has 7 heteroatoms. The van der Waals surface area contributed by atoms with Crippen molar-refractivity contribution in [2.45, 2.75) is 44.3 Å². The number of aryl methyl sites for hydroxylation is 1. The van der Waals surface area contributed by atoms with Crippen LogP contribution in [0.15, 0.2) is 24.3 Å². The normalized spacial score (nSPS) is 24.5. The summed E-state index contributed by atoms with van der Waals surface area (Å²) in [5.41, 5.74) is 5.76. The van der Waals surface area contributed by atoms with E-state index in [0.717, 1.165) is 38.4 Å². The molecule has 2 saturated heterocycles. The van der Waals surface area contributed by atoms with Gasteiger partial charge in [0.25, 0.3) is 0 Å². The van der Waals surface area contributed by atoms with Gasteiger partial charge in [-0.1, -0.05) is 18.2 Å². The van der Waals surface area contributed by atoms with Crippen molar-refractivity contribution in [3.8, 4) is 0 Å². The summed E-state index contributed by atoms with van der Waals surface area (Å²) < 4.78 is 39.3. The second-order valence-electron chi connectivity index (χ2n) is 6.90. The van der Waals surface area contributed by atoms with Gasteiger partial charge in [0.1, 0.15) is 6.04 Å². The van der Waals surface area contributed by atoms with Crippen LogP contribution in [-0.4, -0.2) is 36.5 Å². The Morgan fingerprint density at radius 1 is 1.24 bits per heavy atom. The number of piperidine rings is 1. The quantitative estimate of drug-likeness (QED) is 0.873. The Labute approximate surface area is 145 Å². The summed E-state index contributed by atoms with van der Waals surface area (Å²) in [6.45, 7) is 2.17. The van der Waals surface area contributed by atoms with Crippen molar-refractivity contribution in [1.82, 2.24) is 15.8 Å². The van der Waals surface area contributed by atoms with Crippen LogP contribution in [-0.2, 0) is 17.4 Å². The Bertz CT molecular complexity index is 599. The third-order valence-corrected chi connectivity index (χ3v) is 5.11. The summed E-state index contributed by atoms with van der Waals surface area (Å²) in [6.07, 6.45) is -0.587. The minimum Gasteiger partial charge on any atom is -0.341 e. The monoisotopic (exact) mass is 355 g/mol. The second kappa shape index (κ2) is 7.74. The lowest BCUT2D eigenvalue weighted by molar-refractivity contribution is -0.138. The van der Waals surface area contributed by atoms with Crippen LogP contribution < -0.4 is 10.9 Å². The molecule has 4 nitrogen and oxygen atoms in total. The average molecular weight is 355 g/mol. The predicted octanol–water partition coefficient (Wildman–Crippen LogP) is 2.74. The van der Waals surface area contributed by atoms with E-state index in [1.807, 2.05) is 4.90 Å². The molecular formula is C18H24F3N3O. The van der Waals surface area contributed by atoms with Crippen LogP contribution in [0.5, 0.6) is 0 Å². The zero-order chi connectivity index (χ0) is 17.9. The Balaban J connectivity index is 1.58. The molecule has 2 aliphatic rings. The van der Waals surface area contributed by atoms with Gasteiger partial charge in [0.05, 0.1) is 5.56 Å². The van der Waals surface area contributed by atoms with Crippen molar-refractivity contribution in [3.63, 3.8) is 0 Å². The second-order valence-corrected chi connectivity index (χ2v) is 6.90. The molecule has 2 fully saturated rings. The van der Waals surface area contributed by atoms with Crippen LogP contribution in [0.25, 0.3) is 0 Å². The number of hydrazine groups is 1. The van der Waals surface area contributed by atoms with Crippen LogP contribution in [0.2, 0.25) is 0 Å². The molecule has 2 unspecified atom stereocenters. The van der Waals surface area contributed by atoms with E-state index in [1.165, 1.54) is 6.07 Å². The number of halogens is 3. The van der Waals surface area contributed by atoms with Crippen molar-refractivity contribution in [1.29, 1.82) is 0 Å². The maximum atomic E-state index is 13.1. The van der Waals surface area contributed by atoms with Crippen LogP contribution in [0, 0.1) is 5.92 Å². The van der Waals surface area contributed by atoms with Gasteiger partial charge in [-0.25, -0.2) is 5.43 Å². The molecule has 0 saturated carbocycles. The SMILES string of the molecule is O=C(C1CCNN1)N1CCCC(CCc2ccccc2C(F)(F)F)C1. The van der Waals surface area contributed by atoms with Gasteiger partial charge in [0, 0.05) is 19.6 Å². The van der Waals surface area contributed by atoms with Crippen LogP contribution in [0.1, 0.15) is 36.8 Å². The number of likely N-dealkylation sites (tertiary alicyclic amines) is 1. The molecule has 1 aromatic carbocycles. The minimum absolute atomic E-state index is 0.102. The number of nitrogens with zero attached hydrogens (tertiary/aromatic N) is 1. The fourth-order valence-electron chi connectivity index (χ4n) is 3.76. The number of amides is 1.